The summed E-state index contributed by atoms with van der Waals surface area (Å²) in [5, 5.41) is 60.2. The van der Waals surface area contributed by atoms with Gasteiger partial charge in [0, 0.05) is 23.6 Å². The lowest BCUT2D eigenvalue weighted by atomic mass is 9.54. The Balaban J connectivity index is 1.44. The number of ketones is 2. The number of carbonyl (C=O) groups excluding carboxylic acids is 4. The second-order valence-corrected chi connectivity index (χ2v) is 13.0. The molecule has 2 amide bonds. The molecule has 3 saturated carbocycles. The number of amides is 2. The molecule has 0 aliphatic heterocycles. The van der Waals surface area contributed by atoms with Gasteiger partial charge in [-0.3, -0.25) is 29.0 Å². The first-order chi connectivity index (χ1) is 20.6. The lowest BCUT2D eigenvalue weighted by Crippen LogP contribution is -2.70. The number of nitrogens with one attached hydrogen (secondary N) is 1. The number of phenolic OH excluding ortho intramolecular Hbond substituents is 1. The SMILES string of the molecule is CC1c2ccc(NC(=O)C(C)N(C3CC3)C3CC3)c(O)c2C(O)=C2C(=O)[C@]3(O)C(O)=C(C(N)=O)C(=O)[C@@H](N(C)C)C3C(O)C21. The van der Waals surface area contributed by atoms with E-state index in [9.17, 15) is 44.7 Å². The highest BCUT2D eigenvalue weighted by atomic mass is 16.4. The maximum absolute atomic E-state index is 14.1. The number of aliphatic hydroxyl groups is 4. The molecule has 8 N–H and O–H groups in total. The van der Waals surface area contributed by atoms with E-state index in [0.29, 0.717) is 17.6 Å². The minimum absolute atomic E-state index is 0.0000293. The molecule has 5 unspecified atom stereocenters. The monoisotopic (exact) mass is 610 g/mol. The molecule has 44 heavy (non-hydrogen) atoms. The molecule has 0 saturated heterocycles. The lowest BCUT2D eigenvalue weighted by Gasteiger charge is -2.53. The number of hydrogen-bond donors (Lipinski definition) is 7. The Morgan fingerprint density at radius 3 is 2.18 bits per heavy atom. The fraction of sp³-hybridized carbons (Fsp3) is 0.548. The van der Waals surface area contributed by atoms with Crippen LogP contribution in [0.15, 0.2) is 29.0 Å². The Labute approximate surface area is 253 Å². The van der Waals surface area contributed by atoms with Gasteiger partial charge in [0.2, 0.25) is 11.7 Å². The summed E-state index contributed by atoms with van der Waals surface area (Å²) in [7, 11) is 2.90. The second kappa shape index (κ2) is 10.1. The maximum Gasteiger partial charge on any atom is 0.255 e. The third-order valence-corrected chi connectivity index (χ3v) is 10.2. The Bertz CT molecular complexity index is 1550. The van der Waals surface area contributed by atoms with Crippen molar-refractivity contribution in [3.63, 3.8) is 0 Å². The first-order valence-corrected chi connectivity index (χ1v) is 14.9. The molecule has 1 aromatic rings. The van der Waals surface area contributed by atoms with Crippen LogP contribution in [-0.2, 0) is 19.2 Å². The average molecular weight is 611 g/mol. The molecule has 13 heteroatoms. The molecule has 0 bridgehead atoms. The number of likely N-dealkylation sites (N-methyl/N-ethyl adjacent to an activating group) is 1. The summed E-state index contributed by atoms with van der Waals surface area (Å²) in [5.41, 5.74) is 1.09. The summed E-state index contributed by atoms with van der Waals surface area (Å²) in [6.45, 7) is 3.46. The highest BCUT2D eigenvalue weighted by Crippen LogP contribution is 2.56. The number of rotatable bonds is 7. The van der Waals surface area contributed by atoms with Gasteiger partial charge in [-0.2, -0.15) is 0 Å². The Morgan fingerprint density at radius 1 is 1.07 bits per heavy atom. The van der Waals surface area contributed by atoms with Crippen LogP contribution in [0.2, 0.25) is 0 Å². The number of fused-ring (bicyclic) bond motifs is 3. The van der Waals surface area contributed by atoms with E-state index in [1.165, 1.54) is 25.1 Å². The number of benzene rings is 1. The minimum atomic E-state index is -2.99. The van der Waals surface area contributed by atoms with Gasteiger partial charge in [-0.15, -0.1) is 0 Å². The number of primary amides is 1. The highest BCUT2D eigenvalue weighted by molar-refractivity contribution is 6.24. The van der Waals surface area contributed by atoms with Crippen molar-refractivity contribution in [3.05, 3.63) is 40.2 Å². The molecule has 5 aliphatic carbocycles. The zero-order valence-corrected chi connectivity index (χ0v) is 24.9. The number of carbonyl (C=O) groups is 4. The lowest BCUT2D eigenvalue weighted by molar-refractivity contribution is -0.169. The molecule has 7 atom stereocenters. The average Bonchev–Trinajstić information content (AvgIpc) is 3.88. The molecule has 3 fully saturated rings. The van der Waals surface area contributed by atoms with Crippen molar-refractivity contribution >= 4 is 34.8 Å². The van der Waals surface area contributed by atoms with E-state index in [2.05, 4.69) is 10.2 Å². The summed E-state index contributed by atoms with van der Waals surface area (Å²) in [6, 6.07) is 1.88. The molecular weight excluding hydrogens is 572 g/mol. The number of hydrogen-bond acceptors (Lipinski definition) is 11. The van der Waals surface area contributed by atoms with Crippen LogP contribution in [-0.4, -0.2) is 109 Å². The zero-order valence-electron chi connectivity index (χ0n) is 24.9. The molecule has 0 radical (unpaired) electrons. The van der Waals surface area contributed by atoms with Crippen LogP contribution in [0, 0.1) is 11.8 Å². The molecule has 13 nitrogen and oxygen atoms in total. The molecule has 0 spiro atoms. The largest absolute Gasteiger partial charge is 0.508 e. The van der Waals surface area contributed by atoms with Gasteiger partial charge in [-0.25, -0.2) is 0 Å². The smallest absolute Gasteiger partial charge is 0.255 e. The number of aliphatic hydroxyl groups excluding tert-OH is 3. The number of nitrogens with two attached hydrogens (primary N) is 1. The van der Waals surface area contributed by atoms with Crippen LogP contribution in [0.1, 0.15) is 56.6 Å². The molecular formula is C31H38N4O9. The van der Waals surface area contributed by atoms with Gasteiger partial charge in [0.15, 0.2) is 11.4 Å². The number of aromatic hydroxyl groups is 1. The standard InChI is InChI=1S/C31H38N4O9/c1-11-15-9-10-16(33-30(43)12(2)35(13-5-6-13)14-7-8-14)23(36)18(15)24(37)19-17(11)25(38)21-22(34(3)4)26(39)20(29(32)42)28(41)31(21,44)27(19)40/h9-14,17,21-22,25,36-38,41,44H,5-8H2,1-4H3,(H2,32,42)(H,33,43)/t11?,12?,17?,21?,22-,25?,31-/m0/s1. The van der Waals surface area contributed by atoms with E-state index in [0.717, 1.165) is 25.7 Å². The molecule has 236 valence electrons. The van der Waals surface area contributed by atoms with Crippen LogP contribution in [0.4, 0.5) is 5.69 Å². The van der Waals surface area contributed by atoms with Crippen molar-refractivity contribution in [1.29, 1.82) is 0 Å². The topological polar surface area (TPSA) is 214 Å². The number of phenols is 1. The van der Waals surface area contributed by atoms with Crippen molar-refractivity contribution in [2.24, 2.45) is 17.6 Å². The zero-order chi connectivity index (χ0) is 32.2. The summed E-state index contributed by atoms with van der Waals surface area (Å²) in [6.07, 6.45) is 2.44. The Morgan fingerprint density at radius 2 is 1.66 bits per heavy atom. The normalized spacial score (nSPS) is 32.4. The summed E-state index contributed by atoms with van der Waals surface area (Å²) < 4.78 is 0. The predicted molar refractivity (Wildman–Crippen MR) is 156 cm³/mol. The number of anilines is 1. The van der Waals surface area contributed by atoms with Gasteiger partial charge < -0.3 is 36.6 Å². The first kappa shape index (κ1) is 30.3. The van der Waals surface area contributed by atoms with Crippen molar-refractivity contribution in [2.75, 3.05) is 19.4 Å². The highest BCUT2D eigenvalue weighted by Gasteiger charge is 2.68. The first-order valence-electron chi connectivity index (χ1n) is 14.9. The Hall–Kier alpha value is -3.78. The third-order valence-electron chi connectivity index (χ3n) is 10.2. The maximum atomic E-state index is 14.1. The van der Waals surface area contributed by atoms with E-state index < -0.39 is 87.4 Å². The summed E-state index contributed by atoms with van der Waals surface area (Å²) >= 11 is 0. The van der Waals surface area contributed by atoms with E-state index >= 15 is 0 Å². The van der Waals surface area contributed by atoms with Gasteiger partial charge in [0.05, 0.1) is 35.4 Å². The molecule has 0 heterocycles. The molecule has 6 rings (SSSR count). The quantitative estimate of drug-likeness (QED) is 0.166. The van der Waals surface area contributed by atoms with Crippen molar-refractivity contribution in [1.82, 2.24) is 9.80 Å². The predicted octanol–water partition coefficient (Wildman–Crippen LogP) is 0.450. The van der Waals surface area contributed by atoms with Gasteiger partial charge in [-0.05, 0) is 64.3 Å². The van der Waals surface area contributed by atoms with Gasteiger partial charge in [0.1, 0.15) is 22.8 Å². The van der Waals surface area contributed by atoms with E-state index in [-0.39, 0.29) is 17.2 Å². The van der Waals surface area contributed by atoms with Crippen LogP contribution in [0.3, 0.4) is 0 Å². The number of nitrogens with zero attached hydrogens (tertiary/aromatic N) is 2. The van der Waals surface area contributed by atoms with Crippen LogP contribution < -0.4 is 11.1 Å². The minimum Gasteiger partial charge on any atom is -0.508 e. The summed E-state index contributed by atoms with van der Waals surface area (Å²) in [4.78, 5) is 56.4. The van der Waals surface area contributed by atoms with E-state index in [1.54, 1.807) is 13.0 Å². The van der Waals surface area contributed by atoms with Crippen LogP contribution in [0.5, 0.6) is 5.75 Å². The Kier molecular flexibility index (Phi) is 6.96. The van der Waals surface area contributed by atoms with Crippen molar-refractivity contribution < 1.29 is 44.7 Å². The molecule has 5 aliphatic rings. The summed E-state index contributed by atoms with van der Waals surface area (Å²) in [5.74, 6) is -10.0. The van der Waals surface area contributed by atoms with Crippen molar-refractivity contribution in [3.8, 4) is 5.75 Å². The molecule has 1 aromatic carbocycles. The van der Waals surface area contributed by atoms with Gasteiger partial charge in [0.25, 0.3) is 5.91 Å². The van der Waals surface area contributed by atoms with Crippen LogP contribution in [0.25, 0.3) is 5.76 Å². The van der Waals surface area contributed by atoms with Crippen LogP contribution >= 0.6 is 0 Å². The van der Waals surface area contributed by atoms with Crippen molar-refractivity contribution in [2.45, 2.75) is 81.3 Å². The fourth-order valence-corrected chi connectivity index (χ4v) is 7.77. The second-order valence-electron chi connectivity index (χ2n) is 13.0. The molecule has 0 aromatic heterocycles. The third kappa shape index (κ3) is 4.13. The number of Topliss-reactive ketones (excluding diaryl/α,β-unsaturated/α-hetero) is 2. The van der Waals surface area contributed by atoms with Gasteiger partial charge >= 0.3 is 0 Å². The van der Waals surface area contributed by atoms with Gasteiger partial charge in [-0.1, -0.05) is 13.0 Å². The fourth-order valence-electron chi connectivity index (χ4n) is 7.77. The van der Waals surface area contributed by atoms with E-state index in [4.69, 9.17) is 5.73 Å². The van der Waals surface area contributed by atoms with E-state index in [1.807, 2.05) is 6.92 Å².